The van der Waals surface area contributed by atoms with Gasteiger partial charge in [-0.3, -0.25) is 0 Å². The van der Waals surface area contributed by atoms with Gasteiger partial charge in [-0.1, -0.05) is 30.3 Å². The van der Waals surface area contributed by atoms with E-state index in [1.54, 1.807) is 12.1 Å². The Morgan fingerprint density at radius 2 is 1.84 bits per heavy atom. The van der Waals surface area contributed by atoms with E-state index in [1.165, 1.54) is 29.0 Å². The van der Waals surface area contributed by atoms with Crippen LogP contribution in [0.1, 0.15) is 10.4 Å². The topological polar surface area (TPSA) is 65.0 Å². The number of aromatic nitrogens is 1. The Labute approximate surface area is 149 Å². The summed E-state index contributed by atoms with van der Waals surface area (Å²) in [7, 11) is 0. The lowest BCUT2D eigenvalue weighted by atomic mass is 10.1. The van der Waals surface area contributed by atoms with E-state index in [0.29, 0.717) is 27.8 Å². The fraction of sp³-hybridized carbons (Fsp3) is 0.158. The molecule has 0 atom stereocenters. The van der Waals surface area contributed by atoms with Crippen LogP contribution < -0.4 is 10.4 Å². The molecule has 1 aromatic heterocycles. The van der Waals surface area contributed by atoms with Crippen LogP contribution in [0.5, 0.6) is 0 Å². The van der Waals surface area contributed by atoms with Crippen LogP contribution in [-0.4, -0.2) is 17.5 Å². The molecule has 0 aliphatic rings. The molecule has 2 aromatic carbocycles. The number of nitrogens with zero attached hydrogens (tertiary/aromatic N) is 1. The number of hydrogen-bond donors (Lipinski definition) is 1. The summed E-state index contributed by atoms with van der Waals surface area (Å²) in [6.45, 7) is 0.686. The number of carboxylic acid groups (broad SMARTS) is 1. The summed E-state index contributed by atoms with van der Waals surface area (Å²) >= 11 is 1.29. The van der Waals surface area contributed by atoms with Crippen LogP contribution in [0.15, 0.2) is 54.6 Å². The Balaban J connectivity index is 1.76. The van der Waals surface area contributed by atoms with Crippen LogP contribution in [0.3, 0.4) is 0 Å². The molecule has 1 heterocycles. The molecule has 6 heteroatoms. The van der Waals surface area contributed by atoms with Gasteiger partial charge in [-0.15, -0.1) is 11.3 Å². The number of thiazole rings is 1. The molecule has 3 aromatic rings. The molecule has 128 valence electrons. The van der Waals surface area contributed by atoms with Gasteiger partial charge in [0.05, 0.1) is 5.69 Å². The predicted octanol–water partition coefficient (Wildman–Crippen LogP) is 2.90. The molecule has 0 fully saturated rings. The van der Waals surface area contributed by atoms with E-state index in [1.807, 2.05) is 18.2 Å². The number of rotatable bonds is 7. The standard InChI is InChI=1S/C19H17FN2O2S/c20-15-8-6-14(7-9-15)18-16(12-17(23)24)25-19(22-18)21-11-10-13-4-2-1-3-5-13/h1-9H,10-12H2,(H,21,22)(H,23,24)/p-1. The third kappa shape index (κ3) is 4.64. The Morgan fingerprint density at radius 1 is 1.12 bits per heavy atom. The van der Waals surface area contributed by atoms with Crippen molar-refractivity contribution in [2.45, 2.75) is 12.8 Å². The average molecular weight is 355 g/mol. The molecule has 4 nitrogen and oxygen atoms in total. The predicted molar refractivity (Wildman–Crippen MR) is 94.9 cm³/mol. The fourth-order valence-corrected chi connectivity index (χ4v) is 3.46. The molecule has 0 unspecified atom stereocenters. The van der Waals surface area contributed by atoms with Crippen molar-refractivity contribution in [3.63, 3.8) is 0 Å². The second-order valence-electron chi connectivity index (χ2n) is 5.51. The third-order valence-corrected chi connectivity index (χ3v) is 4.67. The van der Waals surface area contributed by atoms with E-state index in [9.17, 15) is 14.3 Å². The van der Waals surface area contributed by atoms with Crippen molar-refractivity contribution in [1.82, 2.24) is 4.98 Å². The van der Waals surface area contributed by atoms with Crippen molar-refractivity contribution < 1.29 is 14.3 Å². The Morgan fingerprint density at radius 3 is 2.52 bits per heavy atom. The monoisotopic (exact) mass is 355 g/mol. The summed E-state index contributed by atoms with van der Waals surface area (Å²) in [5.74, 6) is -1.51. The van der Waals surface area contributed by atoms with Gasteiger partial charge in [0.1, 0.15) is 5.82 Å². The van der Waals surface area contributed by atoms with Crippen molar-refractivity contribution in [1.29, 1.82) is 0 Å². The van der Waals surface area contributed by atoms with Crippen molar-refractivity contribution in [2.24, 2.45) is 0 Å². The number of carbonyl (C=O) groups excluding carboxylic acids is 1. The first-order valence-corrected chi connectivity index (χ1v) is 8.67. The molecule has 0 aliphatic heterocycles. The minimum Gasteiger partial charge on any atom is -0.550 e. The van der Waals surface area contributed by atoms with Crippen LogP contribution in [0, 0.1) is 5.82 Å². The molecule has 0 amide bonds. The highest BCUT2D eigenvalue weighted by Crippen LogP contribution is 2.31. The van der Waals surface area contributed by atoms with Gasteiger partial charge in [0, 0.05) is 29.4 Å². The van der Waals surface area contributed by atoms with Crippen molar-refractivity contribution in [2.75, 3.05) is 11.9 Å². The quantitative estimate of drug-likeness (QED) is 0.708. The molecular formula is C19H16FN2O2S-. The SMILES string of the molecule is O=C([O-])Cc1sc(NCCc2ccccc2)nc1-c1ccc(F)cc1. The minimum atomic E-state index is -1.16. The molecular weight excluding hydrogens is 339 g/mol. The Kier molecular flexibility index (Phi) is 5.40. The van der Waals surface area contributed by atoms with Crippen molar-refractivity contribution >= 4 is 22.4 Å². The summed E-state index contributed by atoms with van der Waals surface area (Å²) < 4.78 is 13.1. The van der Waals surface area contributed by atoms with E-state index < -0.39 is 5.97 Å². The highest BCUT2D eigenvalue weighted by molar-refractivity contribution is 7.16. The van der Waals surface area contributed by atoms with Gasteiger partial charge < -0.3 is 15.2 Å². The number of benzene rings is 2. The zero-order valence-corrected chi connectivity index (χ0v) is 14.2. The number of anilines is 1. The van der Waals surface area contributed by atoms with Gasteiger partial charge >= 0.3 is 0 Å². The van der Waals surface area contributed by atoms with Crippen LogP contribution in [-0.2, 0) is 17.6 Å². The maximum Gasteiger partial charge on any atom is 0.183 e. The summed E-state index contributed by atoms with van der Waals surface area (Å²) in [5.41, 5.74) is 2.45. The van der Waals surface area contributed by atoms with Gasteiger partial charge in [-0.05, 0) is 36.2 Å². The Bertz CT molecular complexity index is 848. The maximum atomic E-state index is 13.1. The summed E-state index contributed by atoms with van der Waals surface area (Å²) in [6, 6.07) is 15.9. The molecule has 0 saturated heterocycles. The van der Waals surface area contributed by atoms with Gasteiger partial charge in [0.2, 0.25) is 0 Å². The lowest BCUT2D eigenvalue weighted by Gasteiger charge is -2.03. The highest BCUT2D eigenvalue weighted by Gasteiger charge is 2.13. The first-order chi connectivity index (χ1) is 12.1. The average Bonchev–Trinajstić information content (AvgIpc) is 2.98. The Hall–Kier alpha value is -2.73. The number of halogens is 1. The number of aliphatic carboxylic acids is 1. The van der Waals surface area contributed by atoms with E-state index in [0.717, 1.165) is 6.42 Å². The first kappa shape index (κ1) is 17.1. The van der Waals surface area contributed by atoms with Crippen LogP contribution >= 0.6 is 11.3 Å². The largest absolute Gasteiger partial charge is 0.550 e. The fourth-order valence-electron chi connectivity index (χ4n) is 2.47. The smallest absolute Gasteiger partial charge is 0.183 e. The minimum absolute atomic E-state index is 0.218. The second-order valence-corrected chi connectivity index (χ2v) is 6.59. The third-order valence-electron chi connectivity index (χ3n) is 3.65. The van der Waals surface area contributed by atoms with Crippen molar-refractivity contribution in [3.8, 4) is 11.3 Å². The molecule has 1 N–H and O–H groups in total. The molecule has 0 aliphatic carbocycles. The van der Waals surface area contributed by atoms with E-state index in [4.69, 9.17) is 0 Å². The van der Waals surface area contributed by atoms with E-state index in [-0.39, 0.29) is 12.2 Å². The van der Waals surface area contributed by atoms with Crippen molar-refractivity contribution in [3.05, 3.63) is 70.9 Å². The molecule has 0 bridgehead atoms. The molecule has 25 heavy (non-hydrogen) atoms. The molecule has 0 saturated carbocycles. The lowest BCUT2D eigenvalue weighted by molar-refractivity contribution is -0.304. The summed E-state index contributed by atoms with van der Waals surface area (Å²) in [5, 5.41) is 14.9. The molecule has 0 radical (unpaired) electrons. The number of hydrogen-bond acceptors (Lipinski definition) is 5. The van der Waals surface area contributed by atoms with Crippen LogP contribution in [0.4, 0.5) is 9.52 Å². The van der Waals surface area contributed by atoms with Crippen LogP contribution in [0.2, 0.25) is 0 Å². The van der Waals surface area contributed by atoms with E-state index in [2.05, 4.69) is 22.4 Å². The number of carboxylic acids is 1. The van der Waals surface area contributed by atoms with Gasteiger partial charge in [-0.2, -0.15) is 0 Å². The van der Waals surface area contributed by atoms with Crippen LogP contribution in [0.25, 0.3) is 11.3 Å². The molecule has 3 rings (SSSR count). The number of nitrogens with one attached hydrogen (secondary N) is 1. The van der Waals surface area contributed by atoms with Gasteiger partial charge in [0.15, 0.2) is 5.13 Å². The lowest BCUT2D eigenvalue weighted by Crippen LogP contribution is -2.24. The normalized spacial score (nSPS) is 10.6. The first-order valence-electron chi connectivity index (χ1n) is 7.85. The maximum absolute atomic E-state index is 13.1. The summed E-state index contributed by atoms with van der Waals surface area (Å²) in [4.78, 5) is 16.1. The summed E-state index contributed by atoms with van der Waals surface area (Å²) in [6.07, 6.45) is 0.618. The number of carbonyl (C=O) groups is 1. The molecule has 0 spiro atoms. The second kappa shape index (κ2) is 7.90. The van der Waals surface area contributed by atoms with Gasteiger partial charge in [0.25, 0.3) is 0 Å². The van der Waals surface area contributed by atoms with Gasteiger partial charge in [-0.25, -0.2) is 9.37 Å². The zero-order valence-electron chi connectivity index (χ0n) is 13.4. The zero-order chi connectivity index (χ0) is 17.6. The van der Waals surface area contributed by atoms with E-state index >= 15 is 0 Å². The highest BCUT2D eigenvalue weighted by atomic mass is 32.1.